The molecule has 3 rings (SSSR count). The number of hydrogen-bond donors (Lipinski definition) is 0. The van der Waals surface area contributed by atoms with Gasteiger partial charge in [-0.2, -0.15) is 13.2 Å². The molecule has 1 aromatic heterocycles. The number of hydrogen-bond acceptors (Lipinski definition) is 2. The average Bonchev–Trinajstić information content (AvgIpc) is 2.44. The second-order valence-corrected chi connectivity index (χ2v) is 6.36. The highest BCUT2D eigenvalue weighted by Crippen LogP contribution is 2.39. The van der Waals surface area contributed by atoms with Gasteiger partial charge in [0.2, 0.25) is 0 Å². The number of halogens is 3. The Bertz CT molecular complexity index is 671. The molecule has 118 valence electrons. The van der Waals surface area contributed by atoms with E-state index >= 15 is 0 Å². The largest absolute Gasteiger partial charge is 0.418 e. The minimum atomic E-state index is -4.37. The Morgan fingerprint density at radius 1 is 1.18 bits per heavy atom. The SMILES string of the molecule is CC1CC(c2ccc(C(F)(F)F)c3ncccc23)CN(C)C1. The molecule has 0 saturated carbocycles. The molecule has 1 aliphatic rings. The minimum absolute atomic E-state index is 0.0633. The maximum absolute atomic E-state index is 13.2. The molecule has 0 N–H and O–H groups in total. The van der Waals surface area contributed by atoms with Crippen LogP contribution in [-0.2, 0) is 6.18 Å². The zero-order valence-electron chi connectivity index (χ0n) is 12.7. The highest BCUT2D eigenvalue weighted by atomic mass is 19.4. The molecule has 2 nitrogen and oxygen atoms in total. The van der Waals surface area contributed by atoms with Gasteiger partial charge in [-0.05, 0) is 43.0 Å². The predicted octanol–water partition coefficient (Wildman–Crippen LogP) is 4.31. The van der Waals surface area contributed by atoms with Gasteiger partial charge in [0, 0.05) is 24.7 Å². The smallest absolute Gasteiger partial charge is 0.305 e. The molecule has 0 amide bonds. The fourth-order valence-electron chi connectivity index (χ4n) is 3.62. The lowest BCUT2D eigenvalue weighted by Gasteiger charge is -2.34. The Kier molecular flexibility index (Phi) is 3.85. The molecule has 1 saturated heterocycles. The summed E-state index contributed by atoms with van der Waals surface area (Å²) in [6, 6.07) is 6.29. The maximum atomic E-state index is 13.2. The van der Waals surface area contributed by atoms with Crippen molar-refractivity contribution < 1.29 is 13.2 Å². The first-order chi connectivity index (χ1) is 10.4. The minimum Gasteiger partial charge on any atom is -0.305 e. The Morgan fingerprint density at radius 3 is 2.64 bits per heavy atom. The fourth-order valence-corrected chi connectivity index (χ4v) is 3.62. The maximum Gasteiger partial charge on any atom is 0.418 e. The summed E-state index contributed by atoms with van der Waals surface area (Å²) in [7, 11) is 2.06. The molecule has 0 bridgehead atoms. The lowest BCUT2D eigenvalue weighted by molar-refractivity contribution is -0.136. The molecule has 2 unspecified atom stereocenters. The van der Waals surface area contributed by atoms with Crippen molar-refractivity contribution in [2.75, 3.05) is 20.1 Å². The van der Waals surface area contributed by atoms with Gasteiger partial charge >= 0.3 is 6.18 Å². The summed E-state index contributed by atoms with van der Waals surface area (Å²) in [5.41, 5.74) is 0.395. The van der Waals surface area contributed by atoms with E-state index in [9.17, 15) is 13.2 Å². The third kappa shape index (κ3) is 2.82. The van der Waals surface area contributed by atoms with E-state index in [1.54, 1.807) is 18.2 Å². The Morgan fingerprint density at radius 2 is 1.95 bits per heavy atom. The van der Waals surface area contributed by atoms with Crippen molar-refractivity contribution in [1.29, 1.82) is 0 Å². The third-order valence-electron chi connectivity index (χ3n) is 4.39. The van der Waals surface area contributed by atoms with Crippen molar-refractivity contribution >= 4 is 10.9 Å². The molecule has 5 heteroatoms. The van der Waals surface area contributed by atoms with Crippen LogP contribution >= 0.6 is 0 Å². The molecule has 22 heavy (non-hydrogen) atoms. The van der Waals surface area contributed by atoms with Crippen LogP contribution in [0.25, 0.3) is 10.9 Å². The summed E-state index contributed by atoms with van der Waals surface area (Å²) in [6.45, 7) is 4.10. The van der Waals surface area contributed by atoms with Gasteiger partial charge in [0.1, 0.15) is 0 Å². The second kappa shape index (κ2) is 5.54. The number of rotatable bonds is 1. The van der Waals surface area contributed by atoms with E-state index in [1.165, 1.54) is 12.3 Å². The van der Waals surface area contributed by atoms with Gasteiger partial charge in [0.05, 0.1) is 11.1 Å². The van der Waals surface area contributed by atoms with Gasteiger partial charge in [0.25, 0.3) is 0 Å². The van der Waals surface area contributed by atoms with Crippen molar-refractivity contribution in [2.24, 2.45) is 5.92 Å². The summed E-state index contributed by atoms with van der Waals surface area (Å²) in [5.74, 6) is 0.792. The lowest BCUT2D eigenvalue weighted by atomic mass is 9.83. The molecule has 0 spiro atoms. The van der Waals surface area contributed by atoms with Crippen molar-refractivity contribution in [2.45, 2.75) is 25.4 Å². The van der Waals surface area contributed by atoms with Gasteiger partial charge in [-0.25, -0.2) is 0 Å². The topological polar surface area (TPSA) is 16.1 Å². The number of piperidine rings is 1. The molecular weight excluding hydrogens is 289 g/mol. The lowest BCUT2D eigenvalue weighted by Crippen LogP contribution is -2.35. The van der Waals surface area contributed by atoms with E-state index in [2.05, 4.69) is 23.9 Å². The van der Waals surface area contributed by atoms with E-state index in [4.69, 9.17) is 0 Å². The van der Waals surface area contributed by atoms with Crippen LogP contribution in [0.15, 0.2) is 30.5 Å². The molecule has 2 aromatic rings. The number of nitrogens with zero attached hydrogens (tertiary/aromatic N) is 2. The summed E-state index contributed by atoms with van der Waals surface area (Å²) in [5, 5.41) is 0.629. The number of pyridine rings is 1. The molecular formula is C17H19F3N2. The van der Waals surface area contributed by atoms with Crippen LogP contribution in [0.4, 0.5) is 13.2 Å². The normalized spacial score (nSPS) is 23.9. The zero-order valence-corrected chi connectivity index (χ0v) is 12.7. The molecule has 1 aliphatic heterocycles. The molecule has 1 aromatic carbocycles. The highest BCUT2D eigenvalue weighted by Gasteiger charge is 2.34. The van der Waals surface area contributed by atoms with Gasteiger partial charge in [-0.3, -0.25) is 4.98 Å². The van der Waals surface area contributed by atoms with E-state index < -0.39 is 11.7 Å². The number of fused-ring (bicyclic) bond motifs is 1. The van der Waals surface area contributed by atoms with Crippen LogP contribution in [0, 0.1) is 5.92 Å². The number of aromatic nitrogens is 1. The first-order valence-electron chi connectivity index (χ1n) is 7.49. The van der Waals surface area contributed by atoms with E-state index in [0.29, 0.717) is 11.3 Å². The van der Waals surface area contributed by atoms with Crippen LogP contribution in [0.3, 0.4) is 0 Å². The molecule has 0 aliphatic carbocycles. The number of likely N-dealkylation sites (N-methyl/N-ethyl adjacent to an activating group) is 1. The van der Waals surface area contributed by atoms with E-state index in [0.717, 1.165) is 25.1 Å². The fraction of sp³-hybridized carbons (Fsp3) is 0.471. The molecule has 1 fully saturated rings. The Labute approximate surface area is 128 Å². The summed E-state index contributed by atoms with van der Waals surface area (Å²) < 4.78 is 39.5. The first-order valence-corrected chi connectivity index (χ1v) is 7.49. The third-order valence-corrected chi connectivity index (χ3v) is 4.39. The van der Waals surface area contributed by atoms with Crippen LogP contribution in [0.5, 0.6) is 0 Å². The van der Waals surface area contributed by atoms with Crippen molar-refractivity contribution in [1.82, 2.24) is 9.88 Å². The van der Waals surface area contributed by atoms with Gasteiger partial charge in [-0.15, -0.1) is 0 Å². The molecule has 2 atom stereocenters. The van der Waals surface area contributed by atoms with Gasteiger partial charge in [0.15, 0.2) is 0 Å². The first kappa shape index (κ1) is 15.3. The van der Waals surface area contributed by atoms with Crippen molar-refractivity contribution in [3.05, 3.63) is 41.6 Å². The molecule has 0 radical (unpaired) electrons. The number of likely N-dealkylation sites (tertiary alicyclic amines) is 1. The van der Waals surface area contributed by atoms with E-state index in [1.807, 2.05) is 0 Å². The van der Waals surface area contributed by atoms with Gasteiger partial charge < -0.3 is 4.90 Å². The van der Waals surface area contributed by atoms with Crippen LogP contribution in [-0.4, -0.2) is 30.0 Å². The highest BCUT2D eigenvalue weighted by molar-refractivity contribution is 5.86. The van der Waals surface area contributed by atoms with Crippen molar-refractivity contribution in [3.63, 3.8) is 0 Å². The predicted molar refractivity (Wildman–Crippen MR) is 80.8 cm³/mol. The summed E-state index contributed by atoms with van der Waals surface area (Å²) in [6.07, 6.45) is -1.95. The monoisotopic (exact) mass is 308 g/mol. The van der Waals surface area contributed by atoms with Crippen LogP contribution < -0.4 is 0 Å². The molecule has 2 heterocycles. The number of benzene rings is 1. The second-order valence-electron chi connectivity index (χ2n) is 6.36. The van der Waals surface area contributed by atoms with Gasteiger partial charge in [-0.1, -0.05) is 19.1 Å². The number of alkyl halides is 3. The standard InChI is InChI=1S/C17H19F3N2/c1-11-8-12(10-22(2)9-11)13-5-6-15(17(18,19)20)16-14(13)4-3-7-21-16/h3-7,11-12H,8-10H2,1-2H3. The summed E-state index contributed by atoms with van der Waals surface area (Å²) in [4.78, 5) is 6.26. The van der Waals surface area contributed by atoms with Crippen LogP contribution in [0.1, 0.15) is 30.4 Å². The van der Waals surface area contributed by atoms with E-state index in [-0.39, 0.29) is 11.4 Å². The van der Waals surface area contributed by atoms with Crippen LogP contribution in [0.2, 0.25) is 0 Å². The Hall–Kier alpha value is -1.62. The zero-order chi connectivity index (χ0) is 15.9. The Balaban J connectivity index is 2.12. The quantitative estimate of drug-likeness (QED) is 0.780. The average molecular weight is 308 g/mol. The van der Waals surface area contributed by atoms with Crippen molar-refractivity contribution in [3.8, 4) is 0 Å². The summed E-state index contributed by atoms with van der Waals surface area (Å²) >= 11 is 0.